The summed E-state index contributed by atoms with van der Waals surface area (Å²) in [6.45, 7) is 6.28. The molecule has 0 bridgehead atoms. The van der Waals surface area contributed by atoms with Crippen molar-refractivity contribution in [1.82, 2.24) is 14.8 Å². The van der Waals surface area contributed by atoms with Gasteiger partial charge in [0, 0.05) is 5.38 Å². The number of hydrogen-bond acceptors (Lipinski definition) is 10. The zero-order valence-electron chi connectivity index (χ0n) is 21.5. The van der Waals surface area contributed by atoms with Crippen LogP contribution in [0.1, 0.15) is 30.7 Å². The maximum atomic E-state index is 12.9. The quantitative estimate of drug-likeness (QED) is 0.146. The van der Waals surface area contributed by atoms with Crippen LogP contribution in [0.3, 0.4) is 0 Å². The normalized spacial score (nSPS) is 11.0. The van der Waals surface area contributed by atoms with E-state index < -0.39 is 5.56 Å². The highest BCUT2D eigenvalue weighted by Gasteiger charge is 2.15. The molecule has 4 rings (SSSR count). The fourth-order valence-electron chi connectivity index (χ4n) is 3.40. The summed E-state index contributed by atoms with van der Waals surface area (Å²) >= 11 is 7.69. The third-order valence-corrected chi connectivity index (χ3v) is 6.35. The number of benzene rings is 2. The van der Waals surface area contributed by atoms with Crippen molar-refractivity contribution in [3.8, 4) is 22.9 Å². The Kier molecular flexibility index (Phi) is 9.29. The van der Waals surface area contributed by atoms with Crippen LogP contribution in [0.4, 0.5) is 5.13 Å². The molecule has 0 spiro atoms. The second-order valence-corrected chi connectivity index (χ2v) is 9.35. The molecule has 0 radical (unpaired) electrons. The monoisotopic (exact) mass is 567 g/mol. The summed E-state index contributed by atoms with van der Waals surface area (Å²) in [5.41, 5.74) is 5.34. The van der Waals surface area contributed by atoms with Crippen molar-refractivity contribution in [1.29, 1.82) is 0 Å². The van der Waals surface area contributed by atoms with Crippen LogP contribution in [0.5, 0.6) is 17.2 Å². The lowest BCUT2D eigenvalue weighted by Gasteiger charge is -2.13. The number of anilines is 1. The highest BCUT2D eigenvalue weighted by atomic mass is 35.5. The maximum Gasteiger partial charge on any atom is 0.311 e. The number of thiazole rings is 1. The number of halogens is 1. The first-order valence-electron chi connectivity index (χ1n) is 12.1. The number of ether oxygens (including phenoxy) is 3. The van der Waals surface area contributed by atoms with E-state index in [1.807, 2.05) is 26.0 Å². The van der Waals surface area contributed by atoms with Gasteiger partial charge < -0.3 is 14.2 Å². The van der Waals surface area contributed by atoms with Gasteiger partial charge in [0.2, 0.25) is 5.13 Å². The van der Waals surface area contributed by atoms with Gasteiger partial charge in [-0.1, -0.05) is 29.3 Å². The minimum Gasteiger partial charge on any atom is -0.490 e. The molecule has 4 aromatic rings. The summed E-state index contributed by atoms with van der Waals surface area (Å²) in [6.07, 6.45) is 3.09. The fourth-order valence-corrected chi connectivity index (χ4v) is 4.22. The number of carbonyl (C=O) groups excluding carboxylic acids is 1. The first-order chi connectivity index (χ1) is 18.9. The van der Waals surface area contributed by atoms with E-state index in [2.05, 4.69) is 20.6 Å². The van der Waals surface area contributed by atoms with Crippen molar-refractivity contribution in [3.05, 3.63) is 86.2 Å². The Hall–Kier alpha value is -4.22. The van der Waals surface area contributed by atoms with Crippen LogP contribution in [0.15, 0.2) is 63.9 Å². The van der Waals surface area contributed by atoms with E-state index in [0.29, 0.717) is 41.2 Å². The molecule has 1 N–H and O–H groups in total. The van der Waals surface area contributed by atoms with Crippen LogP contribution in [-0.2, 0) is 16.0 Å². The summed E-state index contributed by atoms with van der Waals surface area (Å²) in [5.74, 6) is 0.581. The lowest BCUT2D eigenvalue weighted by molar-refractivity contribution is -0.142. The first kappa shape index (κ1) is 27.8. The standard InChI is InChI=1S/C27H26ClN5O5S/c1-4-36-22-12-18(14-29-32-27-31-19(16-39-27)13-24(34)37-5-2)8-11-21(22)38-23-15-30-33(26(35)25(23)28)20-9-6-17(3)7-10-20/h6-12,14-16H,4-5,13H2,1-3H3,(H,31,32). The molecule has 0 fully saturated rings. The third-order valence-electron chi connectivity index (χ3n) is 5.21. The molecule has 202 valence electrons. The lowest BCUT2D eigenvalue weighted by Crippen LogP contribution is -2.21. The molecule has 39 heavy (non-hydrogen) atoms. The predicted molar refractivity (Wildman–Crippen MR) is 151 cm³/mol. The third kappa shape index (κ3) is 7.21. The van der Waals surface area contributed by atoms with E-state index in [1.165, 1.54) is 22.2 Å². The van der Waals surface area contributed by atoms with Gasteiger partial charge in [0.05, 0.1) is 43.4 Å². The number of carbonyl (C=O) groups is 1. The van der Waals surface area contributed by atoms with Crippen molar-refractivity contribution in [2.24, 2.45) is 5.10 Å². The Morgan fingerprint density at radius 3 is 2.67 bits per heavy atom. The smallest absolute Gasteiger partial charge is 0.311 e. The number of hydrogen-bond donors (Lipinski definition) is 1. The second-order valence-electron chi connectivity index (χ2n) is 8.11. The average Bonchev–Trinajstić information content (AvgIpc) is 3.36. The van der Waals surface area contributed by atoms with Crippen molar-refractivity contribution < 1.29 is 19.0 Å². The molecule has 0 atom stereocenters. The van der Waals surface area contributed by atoms with Crippen LogP contribution >= 0.6 is 22.9 Å². The molecule has 12 heteroatoms. The molecule has 2 heterocycles. The number of nitrogens with zero attached hydrogens (tertiary/aromatic N) is 4. The Morgan fingerprint density at radius 1 is 1.13 bits per heavy atom. The van der Waals surface area contributed by atoms with Crippen LogP contribution in [0, 0.1) is 6.92 Å². The van der Waals surface area contributed by atoms with Gasteiger partial charge in [0.25, 0.3) is 5.56 Å². The van der Waals surface area contributed by atoms with Gasteiger partial charge in [0.15, 0.2) is 22.3 Å². The molecular weight excluding hydrogens is 542 g/mol. The van der Waals surface area contributed by atoms with E-state index >= 15 is 0 Å². The Labute approximate surface area is 233 Å². The van der Waals surface area contributed by atoms with Gasteiger partial charge in [-0.2, -0.15) is 14.9 Å². The molecular formula is C27H26ClN5O5S. The SMILES string of the molecule is CCOC(=O)Cc1csc(NN=Cc2ccc(Oc3cnn(-c4ccc(C)cc4)c(=O)c3Cl)c(OCC)c2)n1. The highest BCUT2D eigenvalue weighted by Crippen LogP contribution is 2.34. The van der Waals surface area contributed by atoms with Crippen molar-refractivity contribution >= 4 is 40.3 Å². The average molecular weight is 568 g/mol. The zero-order valence-corrected chi connectivity index (χ0v) is 23.1. The summed E-state index contributed by atoms with van der Waals surface area (Å²) in [4.78, 5) is 28.8. The van der Waals surface area contributed by atoms with E-state index in [-0.39, 0.29) is 23.2 Å². The van der Waals surface area contributed by atoms with Gasteiger partial charge >= 0.3 is 5.97 Å². The molecule has 0 aliphatic rings. The Balaban J connectivity index is 1.47. The molecule has 0 saturated carbocycles. The molecule has 0 saturated heterocycles. The van der Waals surface area contributed by atoms with Gasteiger partial charge in [-0.05, 0) is 56.7 Å². The molecule has 2 aromatic heterocycles. The Morgan fingerprint density at radius 2 is 1.92 bits per heavy atom. The minimum absolute atomic E-state index is 0.103. The molecule has 0 aliphatic heterocycles. The van der Waals surface area contributed by atoms with Crippen molar-refractivity contribution in [2.75, 3.05) is 18.6 Å². The zero-order chi connectivity index (χ0) is 27.8. The van der Waals surface area contributed by atoms with Gasteiger partial charge in [-0.15, -0.1) is 11.3 Å². The highest BCUT2D eigenvalue weighted by molar-refractivity contribution is 7.13. The van der Waals surface area contributed by atoms with Gasteiger partial charge in [-0.3, -0.25) is 15.0 Å². The number of aryl methyl sites for hydroxylation is 1. The Bertz CT molecular complexity index is 1530. The van der Waals surface area contributed by atoms with Crippen LogP contribution in [0.2, 0.25) is 5.02 Å². The molecule has 2 aromatic carbocycles. The summed E-state index contributed by atoms with van der Waals surface area (Å²) in [6, 6.07) is 12.6. The first-order valence-corrected chi connectivity index (χ1v) is 13.3. The van der Waals surface area contributed by atoms with E-state index in [0.717, 1.165) is 11.1 Å². The van der Waals surface area contributed by atoms with Crippen molar-refractivity contribution in [2.45, 2.75) is 27.2 Å². The van der Waals surface area contributed by atoms with Gasteiger partial charge in [0.1, 0.15) is 0 Å². The topological polar surface area (TPSA) is 117 Å². The summed E-state index contributed by atoms with van der Waals surface area (Å²) < 4.78 is 17.8. The largest absolute Gasteiger partial charge is 0.490 e. The molecule has 0 unspecified atom stereocenters. The number of aromatic nitrogens is 3. The van der Waals surface area contributed by atoms with E-state index in [1.54, 1.807) is 48.9 Å². The number of hydrazone groups is 1. The molecule has 0 aliphatic carbocycles. The maximum absolute atomic E-state index is 12.9. The number of rotatable bonds is 11. The number of nitrogens with one attached hydrogen (secondary N) is 1. The second kappa shape index (κ2) is 13.0. The van der Waals surface area contributed by atoms with Crippen LogP contribution in [0.25, 0.3) is 5.69 Å². The van der Waals surface area contributed by atoms with Gasteiger partial charge in [-0.25, -0.2) is 4.98 Å². The summed E-state index contributed by atoms with van der Waals surface area (Å²) in [7, 11) is 0. The van der Waals surface area contributed by atoms with E-state index in [9.17, 15) is 9.59 Å². The molecule has 10 nitrogen and oxygen atoms in total. The predicted octanol–water partition coefficient (Wildman–Crippen LogP) is 5.39. The van der Waals surface area contributed by atoms with Crippen LogP contribution < -0.4 is 20.5 Å². The van der Waals surface area contributed by atoms with E-state index in [4.69, 9.17) is 25.8 Å². The fraction of sp³-hybridized carbons (Fsp3) is 0.222. The van der Waals surface area contributed by atoms with Crippen molar-refractivity contribution in [3.63, 3.8) is 0 Å². The minimum atomic E-state index is -0.501. The molecule has 0 amide bonds. The lowest BCUT2D eigenvalue weighted by atomic mass is 10.2. The number of esters is 1. The summed E-state index contributed by atoms with van der Waals surface area (Å²) in [5, 5.41) is 10.6. The van der Waals surface area contributed by atoms with Crippen LogP contribution in [-0.4, -0.2) is 40.2 Å².